The van der Waals surface area contributed by atoms with E-state index < -0.39 is 0 Å². The van der Waals surface area contributed by atoms with Gasteiger partial charge in [0, 0.05) is 24.3 Å². The Labute approximate surface area is 86.7 Å². The molecule has 1 rings (SSSR count). The van der Waals surface area contributed by atoms with E-state index >= 15 is 0 Å². The lowest BCUT2D eigenvalue weighted by molar-refractivity contribution is 0.477. The molecule has 0 aromatic heterocycles. The third-order valence-electron chi connectivity index (χ3n) is 2.61. The molecule has 0 heterocycles. The highest BCUT2D eigenvalue weighted by Crippen LogP contribution is 2.22. The predicted octanol–water partition coefficient (Wildman–Crippen LogP) is 2.25. The highest BCUT2D eigenvalue weighted by molar-refractivity contribution is 5.48. The number of para-hydroxylation sites is 1. The Balaban J connectivity index is 2.93. The van der Waals surface area contributed by atoms with E-state index in [1.807, 2.05) is 6.07 Å². The molecule has 1 aromatic carbocycles. The van der Waals surface area contributed by atoms with Crippen LogP contribution in [0.3, 0.4) is 0 Å². The number of nitrogens with two attached hydrogens (primary N) is 1. The van der Waals surface area contributed by atoms with Crippen LogP contribution in [0.25, 0.3) is 0 Å². The van der Waals surface area contributed by atoms with Crippen molar-refractivity contribution in [3.63, 3.8) is 0 Å². The molecule has 0 amide bonds. The maximum Gasteiger partial charge on any atom is 0.0467 e. The van der Waals surface area contributed by atoms with E-state index in [9.17, 15) is 0 Å². The Morgan fingerprint density at radius 2 is 1.79 bits per heavy atom. The molecule has 2 nitrogen and oxygen atoms in total. The summed E-state index contributed by atoms with van der Waals surface area (Å²) in [7, 11) is 0. The van der Waals surface area contributed by atoms with Crippen molar-refractivity contribution >= 4 is 5.69 Å². The van der Waals surface area contributed by atoms with Crippen LogP contribution < -0.4 is 10.6 Å². The SMILES string of the molecule is CCN(c1ccccc1)C(C)(C)CN. The van der Waals surface area contributed by atoms with Crippen molar-refractivity contribution in [2.24, 2.45) is 5.73 Å². The Morgan fingerprint density at radius 3 is 2.21 bits per heavy atom. The van der Waals surface area contributed by atoms with Gasteiger partial charge in [-0.3, -0.25) is 0 Å². The van der Waals surface area contributed by atoms with Gasteiger partial charge in [-0.15, -0.1) is 0 Å². The van der Waals surface area contributed by atoms with Gasteiger partial charge in [0.15, 0.2) is 0 Å². The molecule has 0 bridgehead atoms. The molecule has 0 unspecified atom stereocenters. The molecule has 14 heavy (non-hydrogen) atoms. The fraction of sp³-hybridized carbons (Fsp3) is 0.500. The highest BCUT2D eigenvalue weighted by atomic mass is 15.2. The van der Waals surface area contributed by atoms with Crippen molar-refractivity contribution in [3.05, 3.63) is 30.3 Å². The first kappa shape index (κ1) is 11.1. The van der Waals surface area contributed by atoms with Gasteiger partial charge < -0.3 is 10.6 Å². The molecule has 0 fully saturated rings. The first-order chi connectivity index (χ1) is 6.61. The Bertz CT molecular complexity index is 267. The number of nitrogens with zero attached hydrogens (tertiary/aromatic N) is 1. The van der Waals surface area contributed by atoms with Crippen LogP contribution in [-0.2, 0) is 0 Å². The van der Waals surface area contributed by atoms with E-state index in [0.717, 1.165) is 6.54 Å². The van der Waals surface area contributed by atoms with Gasteiger partial charge in [0.2, 0.25) is 0 Å². The van der Waals surface area contributed by atoms with Crippen molar-refractivity contribution in [2.45, 2.75) is 26.3 Å². The van der Waals surface area contributed by atoms with Gasteiger partial charge >= 0.3 is 0 Å². The summed E-state index contributed by atoms with van der Waals surface area (Å²) in [6.45, 7) is 8.14. The minimum absolute atomic E-state index is 0.0239. The van der Waals surface area contributed by atoms with E-state index in [0.29, 0.717) is 6.54 Å². The van der Waals surface area contributed by atoms with E-state index in [-0.39, 0.29) is 5.54 Å². The summed E-state index contributed by atoms with van der Waals surface area (Å²) in [6.07, 6.45) is 0. The zero-order valence-electron chi connectivity index (χ0n) is 9.33. The van der Waals surface area contributed by atoms with Crippen LogP contribution in [0.1, 0.15) is 20.8 Å². The summed E-state index contributed by atoms with van der Waals surface area (Å²) >= 11 is 0. The van der Waals surface area contributed by atoms with Gasteiger partial charge in [0.1, 0.15) is 0 Å². The topological polar surface area (TPSA) is 29.3 Å². The second kappa shape index (κ2) is 4.47. The number of rotatable bonds is 4. The van der Waals surface area contributed by atoms with E-state index in [1.165, 1.54) is 5.69 Å². The van der Waals surface area contributed by atoms with Gasteiger partial charge in [0.05, 0.1) is 0 Å². The lowest BCUT2D eigenvalue weighted by Gasteiger charge is -2.39. The smallest absolute Gasteiger partial charge is 0.0467 e. The molecule has 0 saturated carbocycles. The Hall–Kier alpha value is -1.02. The molecule has 2 heteroatoms. The maximum absolute atomic E-state index is 5.78. The second-order valence-corrected chi connectivity index (χ2v) is 4.10. The number of benzene rings is 1. The van der Waals surface area contributed by atoms with Gasteiger partial charge in [-0.05, 0) is 32.9 Å². The van der Waals surface area contributed by atoms with Crippen LogP contribution in [0.4, 0.5) is 5.69 Å². The number of likely N-dealkylation sites (N-methyl/N-ethyl adjacent to an activating group) is 1. The number of hydrogen-bond acceptors (Lipinski definition) is 2. The fourth-order valence-corrected chi connectivity index (χ4v) is 1.68. The van der Waals surface area contributed by atoms with Crippen LogP contribution in [0, 0.1) is 0 Å². The van der Waals surface area contributed by atoms with Gasteiger partial charge in [-0.1, -0.05) is 18.2 Å². The summed E-state index contributed by atoms with van der Waals surface area (Å²) in [5.41, 5.74) is 7.04. The molecule has 0 aliphatic carbocycles. The number of hydrogen-bond donors (Lipinski definition) is 1. The first-order valence-corrected chi connectivity index (χ1v) is 5.14. The van der Waals surface area contributed by atoms with Crippen molar-refractivity contribution < 1.29 is 0 Å². The average Bonchev–Trinajstić information content (AvgIpc) is 2.20. The van der Waals surface area contributed by atoms with Gasteiger partial charge in [0.25, 0.3) is 0 Å². The molecule has 0 atom stereocenters. The van der Waals surface area contributed by atoms with Crippen molar-refractivity contribution in [1.82, 2.24) is 0 Å². The normalized spacial score (nSPS) is 11.4. The molecule has 0 aliphatic rings. The maximum atomic E-state index is 5.78. The Kier molecular flexibility index (Phi) is 3.53. The third-order valence-corrected chi connectivity index (χ3v) is 2.61. The van der Waals surface area contributed by atoms with E-state index in [2.05, 4.69) is 49.9 Å². The standard InChI is InChI=1S/C12H20N2/c1-4-14(12(2,3)10-13)11-8-6-5-7-9-11/h5-9H,4,10,13H2,1-3H3. The molecule has 1 aromatic rings. The van der Waals surface area contributed by atoms with Crippen LogP contribution >= 0.6 is 0 Å². The lowest BCUT2D eigenvalue weighted by Crippen LogP contribution is -2.49. The second-order valence-electron chi connectivity index (χ2n) is 4.10. The van der Waals surface area contributed by atoms with E-state index in [1.54, 1.807) is 0 Å². The molecular formula is C12H20N2. The highest BCUT2D eigenvalue weighted by Gasteiger charge is 2.23. The molecule has 0 saturated heterocycles. The van der Waals surface area contributed by atoms with Crippen LogP contribution in [0.2, 0.25) is 0 Å². The molecular weight excluding hydrogens is 172 g/mol. The van der Waals surface area contributed by atoms with Crippen LogP contribution in [-0.4, -0.2) is 18.6 Å². The quantitative estimate of drug-likeness (QED) is 0.792. The molecule has 2 N–H and O–H groups in total. The van der Waals surface area contributed by atoms with Gasteiger partial charge in [-0.2, -0.15) is 0 Å². The monoisotopic (exact) mass is 192 g/mol. The molecule has 78 valence electrons. The zero-order chi connectivity index (χ0) is 10.6. The van der Waals surface area contributed by atoms with Crippen molar-refractivity contribution in [1.29, 1.82) is 0 Å². The fourth-order valence-electron chi connectivity index (χ4n) is 1.68. The minimum atomic E-state index is 0.0239. The Morgan fingerprint density at radius 1 is 1.21 bits per heavy atom. The predicted molar refractivity (Wildman–Crippen MR) is 62.6 cm³/mol. The zero-order valence-corrected chi connectivity index (χ0v) is 9.33. The van der Waals surface area contributed by atoms with Crippen LogP contribution in [0.5, 0.6) is 0 Å². The number of anilines is 1. The lowest BCUT2D eigenvalue weighted by atomic mass is 10.0. The average molecular weight is 192 g/mol. The molecule has 0 spiro atoms. The third kappa shape index (κ3) is 2.26. The van der Waals surface area contributed by atoms with E-state index in [4.69, 9.17) is 5.73 Å². The van der Waals surface area contributed by atoms with Crippen molar-refractivity contribution in [2.75, 3.05) is 18.0 Å². The summed E-state index contributed by atoms with van der Waals surface area (Å²) < 4.78 is 0. The molecule has 0 aliphatic heterocycles. The summed E-state index contributed by atoms with van der Waals surface area (Å²) in [5, 5.41) is 0. The van der Waals surface area contributed by atoms with Crippen molar-refractivity contribution in [3.8, 4) is 0 Å². The summed E-state index contributed by atoms with van der Waals surface area (Å²) in [5.74, 6) is 0. The summed E-state index contributed by atoms with van der Waals surface area (Å²) in [6, 6.07) is 10.4. The largest absolute Gasteiger partial charge is 0.365 e. The summed E-state index contributed by atoms with van der Waals surface area (Å²) in [4.78, 5) is 2.33. The minimum Gasteiger partial charge on any atom is -0.365 e. The first-order valence-electron chi connectivity index (χ1n) is 5.14. The molecule has 0 radical (unpaired) electrons. The van der Waals surface area contributed by atoms with Crippen LogP contribution in [0.15, 0.2) is 30.3 Å². The van der Waals surface area contributed by atoms with Gasteiger partial charge in [-0.25, -0.2) is 0 Å².